The van der Waals surface area contributed by atoms with Crippen LogP contribution < -0.4 is 0 Å². The van der Waals surface area contributed by atoms with Crippen LogP contribution in [0.1, 0.15) is 6.42 Å². The van der Waals surface area contributed by atoms with Gasteiger partial charge in [0.2, 0.25) is 0 Å². The molecule has 0 saturated heterocycles. The molecule has 1 unspecified atom stereocenters. The van der Waals surface area contributed by atoms with Gasteiger partial charge in [0.15, 0.2) is 0 Å². The highest BCUT2D eigenvalue weighted by Crippen LogP contribution is 2.29. The van der Waals surface area contributed by atoms with Crippen LogP contribution in [0.4, 0.5) is 0 Å². The fraction of sp³-hybridized carbons (Fsp3) is 0.333. The molecule has 0 aromatic rings. The maximum atomic E-state index is 10.6. The van der Waals surface area contributed by atoms with E-state index in [4.69, 9.17) is 16.2 Å². The van der Waals surface area contributed by atoms with Crippen LogP contribution in [0.15, 0.2) is 23.1 Å². The molecule has 0 saturated carbocycles. The monoisotopic (exact) mass is 239 g/mol. The van der Waals surface area contributed by atoms with Crippen LogP contribution in [-0.2, 0) is 10.1 Å². The van der Waals surface area contributed by atoms with Gasteiger partial charge in [-0.05, 0) is 17.7 Å². The average Bonchev–Trinajstić information content (AvgIpc) is 2.03. The second-order valence-electron chi connectivity index (χ2n) is 2.69. The molecule has 0 heterocycles. The van der Waals surface area contributed by atoms with E-state index >= 15 is 0 Å². The van der Waals surface area contributed by atoms with Crippen LogP contribution in [0, 0.1) is 10.1 Å². The van der Waals surface area contributed by atoms with Crippen molar-refractivity contribution in [1.82, 2.24) is 0 Å². The van der Waals surface area contributed by atoms with Crippen molar-refractivity contribution < 1.29 is 17.9 Å². The molecule has 0 fully saturated rings. The highest BCUT2D eigenvalue weighted by Gasteiger charge is 2.39. The number of rotatable bonds is 2. The van der Waals surface area contributed by atoms with Gasteiger partial charge in [-0.25, -0.2) is 0 Å². The van der Waals surface area contributed by atoms with E-state index in [2.05, 4.69) is 0 Å². The normalized spacial score (nSPS) is 27.1. The fourth-order valence-electron chi connectivity index (χ4n) is 0.916. The molecule has 0 aliphatic heterocycles. The van der Waals surface area contributed by atoms with Crippen LogP contribution in [0.3, 0.4) is 0 Å². The van der Waals surface area contributed by atoms with Gasteiger partial charge in [0, 0.05) is 11.0 Å². The maximum Gasteiger partial charge on any atom is 0.317 e. The van der Waals surface area contributed by atoms with E-state index in [1.165, 1.54) is 0 Å². The molecule has 0 radical (unpaired) electrons. The molecule has 1 aliphatic carbocycles. The number of hydrogen-bond acceptors (Lipinski definition) is 4. The Morgan fingerprint density at radius 1 is 1.64 bits per heavy atom. The lowest BCUT2D eigenvalue weighted by Crippen LogP contribution is -2.30. The third-order valence-electron chi connectivity index (χ3n) is 1.69. The van der Waals surface area contributed by atoms with Crippen LogP contribution in [-0.4, -0.2) is 22.9 Å². The van der Waals surface area contributed by atoms with Crippen LogP contribution in [0.5, 0.6) is 0 Å². The highest BCUT2D eigenvalue weighted by molar-refractivity contribution is 7.90. The van der Waals surface area contributed by atoms with Gasteiger partial charge in [-0.2, -0.15) is 8.42 Å². The molecular weight excluding hydrogens is 234 g/mol. The van der Waals surface area contributed by atoms with Crippen molar-refractivity contribution in [3.63, 3.8) is 0 Å². The highest BCUT2D eigenvalue weighted by atomic mass is 35.5. The quantitative estimate of drug-likeness (QED) is 0.254. The Morgan fingerprint density at radius 2 is 2.21 bits per heavy atom. The molecule has 1 aliphatic rings. The molecule has 0 amide bonds. The van der Waals surface area contributed by atoms with E-state index in [0.29, 0.717) is 0 Å². The van der Waals surface area contributed by atoms with E-state index in [9.17, 15) is 18.5 Å². The summed E-state index contributed by atoms with van der Waals surface area (Å²) in [5.74, 6) is 0. The predicted octanol–water partition coefficient (Wildman–Crippen LogP) is 0.930. The number of hydrogen-bond donors (Lipinski definition) is 1. The lowest BCUT2D eigenvalue weighted by molar-refractivity contribution is -0.527. The first-order chi connectivity index (χ1) is 6.26. The summed E-state index contributed by atoms with van der Waals surface area (Å²) in [7, 11) is -4.31. The molecule has 1 atom stereocenters. The summed E-state index contributed by atoms with van der Waals surface area (Å²) >= 11 is 5.52. The van der Waals surface area contributed by atoms with Crippen molar-refractivity contribution in [3.8, 4) is 0 Å². The van der Waals surface area contributed by atoms with Crippen LogP contribution >= 0.6 is 11.6 Å². The Balaban J connectivity index is 2.98. The largest absolute Gasteiger partial charge is 0.317 e. The SMILES string of the molecule is O=[N+]([O-])C1(Cl)C=CC(S(=O)(=O)O)=CC1. The van der Waals surface area contributed by atoms with E-state index in [1.807, 2.05) is 0 Å². The maximum absolute atomic E-state index is 10.6. The van der Waals surface area contributed by atoms with Gasteiger partial charge in [0.1, 0.15) is 0 Å². The first kappa shape index (κ1) is 11.2. The summed E-state index contributed by atoms with van der Waals surface area (Å²) in [6.07, 6.45) is 2.56. The number of alkyl halides is 1. The van der Waals surface area contributed by atoms with E-state index < -0.39 is 20.0 Å². The summed E-state index contributed by atoms with van der Waals surface area (Å²) in [4.78, 5) is 7.49. The van der Waals surface area contributed by atoms with Crippen molar-refractivity contribution in [2.24, 2.45) is 0 Å². The predicted molar refractivity (Wildman–Crippen MR) is 49.0 cm³/mol. The fourth-order valence-corrected chi connectivity index (χ4v) is 1.59. The smallest absolute Gasteiger partial charge is 0.282 e. The molecule has 8 heteroatoms. The molecule has 0 aromatic heterocycles. The number of nitro groups is 1. The van der Waals surface area contributed by atoms with Gasteiger partial charge in [-0.3, -0.25) is 14.7 Å². The molecule has 14 heavy (non-hydrogen) atoms. The molecule has 1 rings (SSSR count). The van der Waals surface area contributed by atoms with Crippen molar-refractivity contribution in [2.75, 3.05) is 0 Å². The molecule has 0 aromatic carbocycles. The number of halogens is 1. The molecule has 78 valence electrons. The lowest BCUT2D eigenvalue weighted by Gasteiger charge is -2.15. The summed E-state index contributed by atoms with van der Waals surface area (Å²) < 4.78 is 29.8. The Morgan fingerprint density at radius 3 is 2.50 bits per heavy atom. The summed E-state index contributed by atoms with van der Waals surface area (Å²) in [6, 6.07) is 0. The van der Waals surface area contributed by atoms with E-state index in [1.54, 1.807) is 0 Å². The Hall–Kier alpha value is -0.920. The second kappa shape index (κ2) is 3.34. The van der Waals surface area contributed by atoms with Gasteiger partial charge < -0.3 is 0 Å². The van der Waals surface area contributed by atoms with E-state index in [-0.39, 0.29) is 11.3 Å². The molecular formula is C6H6ClNO5S. The summed E-state index contributed by atoms with van der Waals surface area (Å²) in [5.41, 5.74) is 0. The minimum atomic E-state index is -4.31. The lowest BCUT2D eigenvalue weighted by atomic mass is 10.1. The molecule has 0 spiro atoms. The first-order valence-corrected chi connectivity index (χ1v) is 5.28. The van der Waals surface area contributed by atoms with Gasteiger partial charge in [0.25, 0.3) is 10.1 Å². The zero-order valence-corrected chi connectivity index (χ0v) is 8.33. The number of nitrogens with zero attached hydrogens (tertiary/aromatic N) is 1. The Labute approximate surface area is 84.8 Å². The van der Waals surface area contributed by atoms with E-state index in [0.717, 1.165) is 18.2 Å². The van der Waals surface area contributed by atoms with Crippen molar-refractivity contribution in [2.45, 2.75) is 11.4 Å². The minimum Gasteiger partial charge on any atom is -0.282 e. The van der Waals surface area contributed by atoms with Gasteiger partial charge >= 0.3 is 5.00 Å². The summed E-state index contributed by atoms with van der Waals surface area (Å²) in [6.45, 7) is 0. The molecule has 6 nitrogen and oxygen atoms in total. The molecule has 1 N–H and O–H groups in total. The second-order valence-corrected chi connectivity index (χ2v) is 4.77. The first-order valence-electron chi connectivity index (χ1n) is 3.46. The topological polar surface area (TPSA) is 97.5 Å². The third kappa shape index (κ3) is 2.11. The average molecular weight is 240 g/mol. The van der Waals surface area contributed by atoms with Crippen LogP contribution in [0.25, 0.3) is 0 Å². The zero-order valence-electron chi connectivity index (χ0n) is 6.75. The zero-order chi connectivity index (χ0) is 11.0. The van der Waals surface area contributed by atoms with Gasteiger partial charge in [-0.1, -0.05) is 6.08 Å². The number of allylic oxidation sites excluding steroid dienone is 1. The van der Waals surface area contributed by atoms with Crippen LogP contribution in [0.2, 0.25) is 0 Å². The summed E-state index contributed by atoms with van der Waals surface area (Å²) in [5, 5.41) is 10.4. The van der Waals surface area contributed by atoms with Gasteiger partial charge in [0.05, 0.1) is 11.3 Å². The van der Waals surface area contributed by atoms with Crippen molar-refractivity contribution in [1.29, 1.82) is 0 Å². The van der Waals surface area contributed by atoms with Gasteiger partial charge in [-0.15, -0.1) is 0 Å². The standard InChI is InChI=1S/C6H6ClNO5S/c7-6(8(9)10)3-1-5(2-4-6)14(11,12)13/h1-3H,4H2,(H,11,12,13). The Bertz CT molecular complexity index is 426. The molecule has 0 bridgehead atoms. The van der Waals surface area contributed by atoms with Crippen molar-refractivity contribution >= 4 is 21.7 Å². The van der Waals surface area contributed by atoms with Crippen molar-refractivity contribution in [3.05, 3.63) is 33.2 Å². The Kier molecular flexibility index (Phi) is 2.66. The third-order valence-corrected chi connectivity index (χ3v) is 3.01. The minimum absolute atomic E-state index is 0.285.